The minimum atomic E-state index is -0.638. The van der Waals surface area contributed by atoms with E-state index in [9.17, 15) is 4.39 Å². The van der Waals surface area contributed by atoms with E-state index in [1.54, 1.807) is 6.92 Å². The Morgan fingerprint density at radius 3 is 2.53 bits per heavy atom. The Balaban J connectivity index is 2.98. The van der Waals surface area contributed by atoms with Crippen molar-refractivity contribution in [2.24, 2.45) is 0 Å². The number of rotatable bonds is 0. The van der Waals surface area contributed by atoms with Gasteiger partial charge in [-0.05, 0) is 18.6 Å². The normalized spacial score (nSPS) is 11.0. The van der Waals surface area contributed by atoms with Gasteiger partial charge in [-0.2, -0.15) is 0 Å². The molecule has 0 N–H and O–H groups in total. The summed E-state index contributed by atoms with van der Waals surface area (Å²) in [6.07, 6.45) is 1.50. The summed E-state index contributed by atoms with van der Waals surface area (Å²) >= 11 is 17.4. The lowest BCUT2D eigenvalue weighted by molar-refractivity contribution is 0.637. The molecule has 0 bridgehead atoms. The topological polar surface area (TPSA) is 12.9 Å². The van der Waals surface area contributed by atoms with Gasteiger partial charge in [-0.1, -0.05) is 34.8 Å². The maximum atomic E-state index is 13.6. The van der Waals surface area contributed by atoms with Gasteiger partial charge in [0.25, 0.3) is 0 Å². The Bertz CT molecular complexity index is 554. The Morgan fingerprint density at radius 1 is 1.20 bits per heavy atom. The second kappa shape index (κ2) is 3.78. The fourth-order valence-electron chi connectivity index (χ4n) is 1.31. The molecule has 0 atom stereocenters. The second-order valence-corrected chi connectivity index (χ2v) is 4.30. The van der Waals surface area contributed by atoms with Crippen molar-refractivity contribution in [3.8, 4) is 0 Å². The van der Waals surface area contributed by atoms with Crippen molar-refractivity contribution in [2.75, 3.05) is 0 Å². The summed E-state index contributed by atoms with van der Waals surface area (Å²) in [6, 6.07) is 1.52. The third-order valence-electron chi connectivity index (χ3n) is 2.11. The minimum Gasteiger partial charge on any atom is -0.253 e. The van der Waals surface area contributed by atoms with Gasteiger partial charge in [-0.25, -0.2) is 4.39 Å². The average Bonchev–Trinajstić information content (AvgIpc) is 2.21. The summed E-state index contributed by atoms with van der Waals surface area (Å²) in [6.45, 7) is 1.79. The Kier molecular flexibility index (Phi) is 2.75. The molecule has 0 fully saturated rings. The SMILES string of the molecule is Cc1cnc2c(F)c(Cl)c(Cl)cc2c1Cl. The van der Waals surface area contributed by atoms with Crippen LogP contribution in [0.5, 0.6) is 0 Å². The molecule has 78 valence electrons. The van der Waals surface area contributed by atoms with Gasteiger partial charge in [0, 0.05) is 11.6 Å². The molecule has 0 saturated carbocycles. The van der Waals surface area contributed by atoms with Crippen molar-refractivity contribution in [2.45, 2.75) is 6.92 Å². The first-order valence-electron chi connectivity index (χ1n) is 4.10. The number of fused-ring (bicyclic) bond motifs is 1. The van der Waals surface area contributed by atoms with Crippen LogP contribution in [0.15, 0.2) is 12.3 Å². The van der Waals surface area contributed by atoms with Crippen LogP contribution in [0.4, 0.5) is 4.39 Å². The molecule has 2 rings (SSSR count). The van der Waals surface area contributed by atoms with Gasteiger partial charge in [0.1, 0.15) is 5.52 Å². The molecule has 0 aliphatic carbocycles. The zero-order valence-electron chi connectivity index (χ0n) is 7.61. The van der Waals surface area contributed by atoms with E-state index in [0.717, 1.165) is 5.56 Å². The molecule has 0 saturated heterocycles. The number of pyridine rings is 1. The number of halogens is 4. The van der Waals surface area contributed by atoms with Gasteiger partial charge >= 0.3 is 0 Å². The van der Waals surface area contributed by atoms with Crippen LogP contribution in [0.1, 0.15) is 5.56 Å². The lowest BCUT2D eigenvalue weighted by Gasteiger charge is -2.06. The number of aromatic nitrogens is 1. The van der Waals surface area contributed by atoms with Gasteiger partial charge in [-0.15, -0.1) is 0 Å². The van der Waals surface area contributed by atoms with E-state index >= 15 is 0 Å². The summed E-state index contributed by atoms with van der Waals surface area (Å²) in [4.78, 5) is 3.94. The third-order valence-corrected chi connectivity index (χ3v) is 3.37. The first-order chi connectivity index (χ1) is 7.02. The first kappa shape index (κ1) is 10.9. The van der Waals surface area contributed by atoms with E-state index in [1.165, 1.54) is 12.3 Å². The van der Waals surface area contributed by atoms with E-state index in [1.807, 2.05) is 0 Å². The third kappa shape index (κ3) is 1.67. The number of hydrogen-bond donors (Lipinski definition) is 0. The monoisotopic (exact) mass is 263 g/mol. The molecule has 0 radical (unpaired) electrons. The fraction of sp³-hybridized carbons (Fsp3) is 0.100. The maximum absolute atomic E-state index is 13.6. The highest BCUT2D eigenvalue weighted by Gasteiger charge is 2.14. The van der Waals surface area contributed by atoms with Gasteiger partial charge in [-0.3, -0.25) is 4.98 Å². The molecule has 0 unspecified atom stereocenters. The highest BCUT2D eigenvalue weighted by Crippen LogP contribution is 2.34. The highest BCUT2D eigenvalue weighted by atomic mass is 35.5. The van der Waals surface area contributed by atoms with Gasteiger partial charge in [0.05, 0.1) is 15.1 Å². The zero-order valence-corrected chi connectivity index (χ0v) is 9.88. The quantitative estimate of drug-likeness (QED) is 0.632. The van der Waals surface area contributed by atoms with Crippen LogP contribution >= 0.6 is 34.8 Å². The maximum Gasteiger partial charge on any atom is 0.169 e. The Labute approximate surface area is 101 Å². The number of hydrogen-bond acceptors (Lipinski definition) is 1. The molecule has 0 aliphatic heterocycles. The standard InChI is InChI=1S/C10H5Cl3FN/c1-4-3-15-10-5(7(4)12)2-6(11)8(13)9(10)14/h2-3H,1H3. The van der Waals surface area contributed by atoms with Gasteiger partial charge in [0.2, 0.25) is 0 Å². The molecular weight excluding hydrogens is 259 g/mol. The van der Waals surface area contributed by atoms with Crippen molar-refractivity contribution >= 4 is 45.7 Å². The number of benzene rings is 1. The largest absolute Gasteiger partial charge is 0.253 e. The minimum absolute atomic E-state index is 0.128. The highest BCUT2D eigenvalue weighted by molar-refractivity contribution is 6.43. The van der Waals surface area contributed by atoms with Gasteiger partial charge in [0.15, 0.2) is 5.82 Å². The van der Waals surface area contributed by atoms with Crippen molar-refractivity contribution < 1.29 is 4.39 Å². The van der Waals surface area contributed by atoms with Crippen LogP contribution < -0.4 is 0 Å². The van der Waals surface area contributed by atoms with Crippen LogP contribution in [-0.4, -0.2) is 4.98 Å². The van der Waals surface area contributed by atoms with Gasteiger partial charge < -0.3 is 0 Å². The Morgan fingerprint density at radius 2 is 1.87 bits per heavy atom. The number of nitrogens with zero attached hydrogens (tertiary/aromatic N) is 1. The Hall–Kier alpha value is -0.570. The molecule has 15 heavy (non-hydrogen) atoms. The van der Waals surface area contributed by atoms with E-state index in [2.05, 4.69) is 4.98 Å². The molecule has 1 nitrogen and oxygen atoms in total. The van der Waals surface area contributed by atoms with Crippen molar-refractivity contribution in [3.05, 3.63) is 38.7 Å². The average molecular weight is 265 g/mol. The smallest absolute Gasteiger partial charge is 0.169 e. The van der Waals surface area contributed by atoms with Crippen LogP contribution in [0.3, 0.4) is 0 Å². The molecule has 1 heterocycles. The summed E-state index contributed by atoms with van der Waals surface area (Å²) in [5, 5.41) is 0.925. The molecular formula is C10H5Cl3FN. The van der Waals surface area contributed by atoms with E-state index in [-0.39, 0.29) is 15.6 Å². The van der Waals surface area contributed by atoms with Crippen LogP contribution in [0, 0.1) is 12.7 Å². The van der Waals surface area contributed by atoms with E-state index in [4.69, 9.17) is 34.8 Å². The second-order valence-electron chi connectivity index (χ2n) is 3.14. The van der Waals surface area contributed by atoms with Crippen molar-refractivity contribution in [3.63, 3.8) is 0 Å². The summed E-state index contributed by atoms with van der Waals surface area (Å²) in [5.41, 5.74) is 0.905. The summed E-state index contributed by atoms with van der Waals surface area (Å²) < 4.78 is 13.6. The van der Waals surface area contributed by atoms with Crippen LogP contribution in [0.2, 0.25) is 15.1 Å². The molecule has 0 amide bonds. The molecule has 2 aromatic rings. The van der Waals surface area contributed by atoms with Crippen LogP contribution in [0.25, 0.3) is 10.9 Å². The number of aryl methyl sites for hydroxylation is 1. The van der Waals surface area contributed by atoms with Crippen molar-refractivity contribution in [1.29, 1.82) is 0 Å². The molecule has 0 aliphatic rings. The molecule has 1 aromatic heterocycles. The van der Waals surface area contributed by atoms with Crippen molar-refractivity contribution in [1.82, 2.24) is 4.98 Å². The first-order valence-corrected chi connectivity index (χ1v) is 5.24. The fourth-order valence-corrected chi connectivity index (χ4v) is 1.84. The molecule has 1 aromatic carbocycles. The molecule has 5 heteroatoms. The lowest BCUT2D eigenvalue weighted by atomic mass is 10.1. The van der Waals surface area contributed by atoms with E-state index in [0.29, 0.717) is 10.4 Å². The summed E-state index contributed by atoms with van der Waals surface area (Å²) in [7, 11) is 0. The summed E-state index contributed by atoms with van der Waals surface area (Å²) in [5.74, 6) is -0.638. The predicted molar refractivity (Wildman–Crippen MR) is 61.5 cm³/mol. The predicted octanol–water partition coefficient (Wildman–Crippen LogP) is 4.64. The van der Waals surface area contributed by atoms with E-state index < -0.39 is 5.82 Å². The van der Waals surface area contributed by atoms with Crippen LogP contribution in [-0.2, 0) is 0 Å². The molecule has 0 spiro atoms. The lowest BCUT2D eigenvalue weighted by Crippen LogP contribution is -1.90. The zero-order chi connectivity index (χ0) is 11.2.